The number of nitrogens with one attached hydrogen (secondary N) is 1. The number of hydrogen-bond acceptors (Lipinski definition) is 3. The highest BCUT2D eigenvalue weighted by Crippen LogP contribution is 2.21. The molecule has 0 unspecified atom stereocenters. The maximum absolute atomic E-state index is 13.5. The first-order valence-electron chi connectivity index (χ1n) is 7.92. The van der Waals surface area contributed by atoms with Crippen LogP contribution < -0.4 is 11.1 Å². The van der Waals surface area contributed by atoms with Crippen molar-refractivity contribution in [2.24, 2.45) is 11.7 Å². The lowest BCUT2D eigenvalue weighted by atomic mass is 9.93. The highest BCUT2D eigenvalue weighted by Gasteiger charge is 2.29. The molecule has 0 spiro atoms. The molecule has 1 aromatic carbocycles. The predicted molar refractivity (Wildman–Crippen MR) is 85.9 cm³/mol. The molecular weight excluding hydrogens is 297 g/mol. The fourth-order valence-corrected chi connectivity index (χ4v) is 2.82. The van der Waals surface area contributed by atoms with Crippen LogP contribution in [0.1, 0.15) is 30.9 Å². The third-order valence-electron chi connectivity index (χ3n) is 4.49. The summed E-state index contributed by atoms with van der Waals surface area (Å²) in [5.41, 5.74) is 6.67. The van der Waals surface area contributed by atoms with Gasteiger partial charge in [-0.05, 0) is 43.9 Å². The van der Waals surface area contributed by atoms with E-state index in [2.05, 4.69) is 5.32 Å². The summed E-state index contributed by atoms with van der Waals surface area (Å²) < 4.78 is 13.5. The SMILES string of the molecule is Cc1ccc(CNC(=O)CN2C[C@@H](C(N)=O)CC[C@@H]2C)cc1F. The molecule has 126 valence electrons. The second kappa shape index (κ2) is 7.55. The molecule has 0 aliphatic carbocycles. The Labute approximate surface area is 136 Å². The molecule has 0 saturated carbocycles. The lowest BCUT2D eigenvalue weighted by molar-refractivity contribution is -0.127. The van der Waals surface area contributed by atoms with Gasteiger partial charge in [0.25, 0.3) is 0 Å². The van der Waals surface area contributed by atoms with Gasteiger partial charge >= 0.3 is 0 Å². The summed E-state index contributed by atoms with van der Waals surface area (Å²) in [7, 11) is 0. The summed E-state index contributed by atoms with van der Waals surface area (Å²) in [5.74, 6) is -0.906. The molecule has 1 heterocycles. The molecule has 2 atom stereocenters. The first-order chi connectivity index (χ1) is 10.9. The van der Waals surface area contributed by atoms with Gasteiger partial charge in [0, 0.05) is 19.1 Å². The second-order valence-electron chi connectivity index (χ2n) is 6.32. The molecule has 23 heavy (non-hydrogen) atoms. The van der Waals surface area contributed by atoms with Gasteiger partial charge in [0.1, 0.15) is 5.82 Å². The van der Waals surface area contributed by atoms with Crippen LogP contribution in [0.25, 0.3) is 0 Å². The number of benzene rings is 1. The number of nitrogens with two attached hydrogens (primary N) is 1. The van der Waals surface area contributed by atoms with Crippen LogP contribution in [-0.4, -0.2) is 35.8 Å². The number of primary amides is 1. The fourth-order valence-electron chi connectivity index (χ4n) is 2.82. The van der Waals surface area contributed by atoms with Gasteiger partial charge in [-0.1, -0.05) is 12.1 Å². The van der Waals surface area contributed by atoms with Crippen LogP contribution >= 0.6 is 0 Å². The number of carbonyl (C=O) groups excluding carboxylic acids is 2. The van der Waals surface area contributed by atoms with Crippen LogP contribution in [0.4, 0.5) is 4.39 Å². The lowest BCUT2D eigenvalue weighted by Crippen LogP contribution is -2.49. The lowest BCUT2D eigenvalue weighted by Gasteiger charge is -2.36. The monoisotopic (exact) mass is 321 g/mol. The predicted octanol–water partition coefficient (Wildman–Crippen LogP) is 1.34. The van der Waals surface area contributed by atoms with E-state index in [1.807, 2.05) is 11.8 Å². The summed E-state index contributed by atoms with van der Waals surface area (Å²) in [6.07, 6.45) is 1.63. The molecule has 0 radical (unpaired) electrons. The molecule has 1 aliphatic rings. The first-order valence-corrected chi connectivity index (χ1v) is 7.92. The highest BCUT2D eigenvalue weighted by molar-refractivity contribution is 5.79. The summed E-state index contributed by atoms with van der Waals surface area (Å²) >= 11 is 0. The van der Waals surface area contributed by atoms with E-state index >= 15 is 0 Å². The van der Waals surface area contributed by atoms with Gasteiger partial charge in [0.05, 0.1) is 12.5 Å². The van der Waals surface area contributed by atoms with E-state index in [4.69, 9.17) is 5.73 Å². The molecule has 5 nitrogen and oxygen atoms in total. The Morgan fingerprint density at radius 1 is 1.39 bits per heavy atom. The zero-order chi connectivity index (χ0) is 17.0. The summed E-state index contributed by atoms with van der Waals surface area (Å²) in [6, 6.07) is 5.17. The molecule has 1 saturated heterocycles. The van der Waals surface area contributed by atoms with E-state index in [0.717, 1.165) is 18.4 Å². The number of halogens is 1. The van der Waals surface area contributed by atoms with E-state index in [-0.39, 0.29) is 42.7 Å². The fraction of sp³-hybridized carbons (Fsp3) is 0.529. The number of nitrogens with zero attached hydrogens (tertiary/aromatic N) is 1. The highest BCUT2D eigenvalue weighted by atomic mass is 19.1. The van der Waals surface area contributed by atoms with Gasteiger partial charge in [-0.3, -0.25) is 14.5 Å². The topological polar surface area (TPSA) is 75.4 Å². The maximum atomic E-state index is 13.5. The summed E-state index contributed by atoms with van der Waals surface area (Å²) in [4.78, 5) is 25.4. The number of amides is 2. The van der Waals surface area contributed by atoms with Crippen LogP contribution in [0, 0.1) is 18.7 Å². The van der Waals surface area contributed by atoms with E-state index in [1.54, 1.807) is 19.1 Å². The van der Waals surface area contributed by atoms with Gasteiger partial charge in [-0.15, -0.1) is 0 Å². The van der Waals surface area contributed by atoms with Crippen LogP contribution in [-0.2, 0) is 16.1 Å². The minimum Gasteiger partial charge on any atom is -0.369 e. The zero-order valence-electron chi connectivity index (χ0n) is 13.6. The van der Waals surface area contributed by atoms with Crippen molar-refractivity contribution < 1.29 is 14.0 Å². The largest absolute Gasteiger partial charge is 0.369 e. The Morgan fingerprint density at radius 2 is 2.13 bits per heavy atom. The Bertz CT molecular complexity index is 591. The van der Waals surface area contributed by atoms with Gasteiger partial charge in [0.15, 0.2) is 0 Å². The summed E-state index contributed by atoms with van der Waals surface area (Å²) in [6.45, 7) is 4.77. The van der Waals surface area contributed by atoms with Crippen molar-refractivity contribution in [2.45, 2.75) is 39.3 Å². The van der Waals surface area contributed by atoms with Crippen molar-refractivity contribution in [1.29, 1.82) is 0 Å². The van der Waals surface area contributed by atoms with E-state index in [0.29, 0.717) is 12.1 Å². The number of hydrogen-bond donors (Lipinski definition) is 2. The summed E-state index contributed by atoms with van der Waals surface area (Å²) in [5, 5.41) is 2.79. The van der Waals surface area contributed by atoms with Gasteiger partial charge in [-0.25, -0.2) is 4.39 Å². The number of carbonyl (C=O) groups is 2. The molecule has 2 rings (SSSR count). The Balaban J connectivity index is 1.85. The van der Waals surface area contributed by atoms with Crippen molar-refractivity contribution in [1.82, 2.24) is 10.2 Å². The zero-order valence-corrected chi connectivity index (χ0v) is 13.6. The molecule has 6 heteroatoms. The Kier molecular flexibility index (Phi) is 5.71. The average molecular weight is 321 g/mol. The van der Waals surface area contributed by atoms with Crippen molar-refractivity contribution >= 4 is 11.8 Å². The van der Waals surface area contributed by atoms with Crippen LogP contribution in [0.5, 0.6) is 0 Å². The molecule has 0 aromatic heterocycles. The van der Waals surface area contributed by atoms with E-state index in [1.165, 1.54) is 6.07 Å². The van der Waals surface area contributed by atoms with Crippen molar-refractivity contribution in [3.63, 3.8) is 0 Å². The number of aryl methyl sites for hydroxylation is 1. The van der Waals surface area contributed by atoms with Crippen LogP contribution in [0.2, 0.25) is 0 Å². The minimum atomic E-state index is -0.308. The molecule has 0 bridgehead atoms. The van der Waals surface area contributed by atoms with Crippen LogP contribution in [0.15, 0.2) is 18.2 Å². The third kappa shape index (κ3) is 4.76. The molecule has 3 N–H and O–H groups in total. The quantitative estimate of drug-likeness (QED) is 0.859. The second-order valence-corrected chi connectivity index (χ2v) is 6.32. The Hall–Kier alpha value is -1.95. The molecule has 1 aromatic rings. The standard InChI is InChI=1S/C17H24FN3O2/c1-11-3-5-13(7-15(11)18)8-20-16(22)10-21-9-14(17(19)23)6-4-12(21)2/h3,5,7,12,14H,4,6,8-10H2,1-2H3,(H2,19,23)(H,20,22)/t12-,14-/m0/s1. The smallest absolute Gasteiger partial charge is 0.234 e. The molecular formula is C17H24FN3O2. The first kappa shape index (κ1) is 17.4. The average Bonchev–Trinajstić information content (AvgIpc) is 2.50. The van der Waals surface area contributed by atoms with E-state index < -0.39 is 0 Å². The molecule has 2 amide bonds. The van der Waals surface area contributed by atoms with Crippen LogP contribution in [0.3, 0.4) is 0 Å². The number of piperidine rings is 1. The van der Waals surface area contributed by atoms with Crippen molar-refractivity contribution in [2.75, 3.05) is 13.1 Å². The van der Waals surface area contributed by atoms with Crippen molar-refractivity contribution in [3.05, 3.63) is 35.1 Å². The normalized spacial score (nSPS) is 21.9. The molecule has 1 aliphatic heterocycles. The van der Waals surface area contributed by atoms with Gasteiger partial charge < -0.3 is 11.1 Å². The van der Waals surface area contributed by atoms with Crippen molar-refractivity contribution in [3.8, 4) is 0 Å². The minimum absolute atomic E-state index is 0.136. The number of rotatable bonds is 5. The Morgan fingerprint density at radius 3 is 2.78 bits per heavy atom. The van der Waals surface area contributed by atoms with Gasteiger partial charge in [-0.2, -0.15) is 0 Å². The third-order valence-corrected chi connectivity index (χ3v) is 4.49. The maximum Gasteiger partial charge on any atom is 0.234 e. The molecule has 1 fully saturated rings. The van der Waals surface area contributed by atoms with E-state index in [9.17, 15) is 14.0 Å². The van der Waals surface area contributed by atoms with Gasteiger partial charge in [0.2, 0.25) is 11.8 Å². The number of likely N-dealkylation sites (tertiary alicyclic amines) is 1.